The number of anilines is 1. The molecule has 0 radical (unpaired) electrons. The fourth-order valence-electron chi connectivity index (χ4n) is 3.68. The molecule has 1 aromatic heterocycles. The van der Waals surface area contributed by atoms with Crippen molar-refractivity contribution in [3.05, 3.63) is 95.6 Å². The van der Waals surface area contributed by atoms with Gasteiger partial charge in [-0.3, -0.25) is 4.79 Å². The fourth-order valence-corrected chi connectivity index (χ4v) is 4.44. The maximum absolute atomic E-state index is 15.0. The third-order valence-corrected chi connectivity index (χ3v) is 6.36. The SMILES string of the molecule is Cl.NCc1ccccc1-n1nc(C(F)(F)F)cc1C(=O)Nc1ccc(-c2ccccc2S(N)(=O)=O)cc1F. The number of hydrogen-bond donors (Lipinski definition) is 3. The normalized spacial score (nSPS) is 11.6. The molecule has 8 nitrogen and oxygen atoms in total. The van der Waals surface area contributed by atoms with E-state index in [1.54, 1.807) is 18.2 Å². The van der Waals surface area contributed by atoms with E-state index >= 15 is 0 Å². The van der Waals surface area contributed by atoms with Gasteiger partial charge in [-0.15, -0.1) is 12.4 Å². The fraction of sp³-hybridized carbons (Fsp3) is 0.0833. The summed E-state index contributed by atoms with van der Waals surface area (Å²) in [7, 11) is -4.11. The second-order valence-corrected chi connectivity index (χ2v) is 9.38. The molecule has 0 fully saturated rings. The lowest BCUT2D eigenvalue weighted by atomic mass is 10.0. The summed E-state index contributed by atoms with van der Waals surface area (Å²) in [5.74, 6) is -2.02. The van der Waals surface area contributed by atoms with E-state index in [4.69, 9.17) is 10.9 Å². The number of nitrogens with two attached hydrogens (primary N) is 2. The number of nitrogens with one attached hydrogen (secondary N) is 1. The van der Waals surface area contributed by atoms with Gasteiger partial charge in [-0.2, -0.15) is 18.3 Å². The van der Waals surface area contributed by atoms with Gasteiger partial charge in [0.1, 0.15) is 11.5 Å². The number of halogens is 5. The zero-order valence-electron chi connectivity index (χ0n) is 19.2. The molecule has 0 saturated carbocycles. The van der Waals surface area contributed by atoms with Crippen molar-refractivity contribution in [3.63, 3.8) is 0 Å². The Balaban J connectivity index is 0.00000400. The third-order valence-electron chi connectivity index (χ3n) is 5.39. The van der Waals surface area contributed by atoms with Crippen LogP contribution in [0.5, 0.6) is 0 Å². The average molecular weight is 570 g/mol. The van der Waals surface area contributed by atoms with E-state index in [1.165, 1.54) is 36.4 Å². The summed E-state index contributed by atoms with van der Waals surface area (Å²) >= 11 is 0. The van der Waals surface area contributed by atoms with Crippen molar-refractivity contribution in [1.82, 2.24) is 9.78 Å². The minimum atomic E-state index is -4.85. The van der Waals surface area contributed by atoms with Gasteiger partial charge in [0.25, 0.3) is 5.91 Å². The highest BCUT2D eigenvalue weighted by molar-refractivity contribution is 7.89. The number of sulfonamides is 1. The second-order valence-electron chi connectivity index (χ2n) is 7.85. The molecule has 1 heterocycles. The first-order valence-electron chi connectivity index (χ1n) is 10.6. The van der Waals surface area contributed by atoms with Gasteiger partial charge in [0.05, 0.1) is 16.3 Å². The van der Waals surface area contributed by atoms with Gasteiger partial charge < -0.3 is 11.1 Å². The Morgan fingerprint density at radius 2 is 1.66 bits per heavy atom. The maximum Gasteiger partial charge on any atom is 0.435 e. The summed E-state index contributed by atoms with van der Waals surface area (Å²) in [4.78, 5) is 12.8. The van der Waals surface area contributed by atoms with Crippen LogP contribution in [0.3, 0.4) is 0 Å². The number of carbonyl (C=O) groups is 1. The average Bonchev–Trinajstić information content (AvgIpc) is 3.31. The molecule has 200 valence electrons. The van der Waals surface area contributed by atoms with Crippen molar-refractivity contribution in [3.8, 4) is 16.8 Å². The van der Waals surface area contributed by atoms with Crippen molar-refractivity contribution in [2.75, 3.05) is 5.32 Å². The Bertz CT molecular complexity index is 1610. The molecule has 0 unspecified atom stereocenters. The van der Waals surface area contributed by atoms with Crippen LogP contribution >= 0.6 is 12.4 Å². The van der Waals surface area contributed by atoms with Crippen LogP contribution in [0, 0.1) is 5.82 Å². The van der Waals surface area contributed by atoms with Gasteiger partial charge in [-0.25, -0.2) is 22.6 Å². The van der Waals surface area contributed by atoms with Crippen molar-refractivity contribution in [1.29, 1.82) is 0 Å². The van der Waals surface area contributed by atoms with Gasteiger partial charge in [-0.05, 0) is 35.4 Å². The maximum atomic E-state index is 15.0. The van der Waals surface area contributed by atoms with Crippen LogP contribution < -0.4 is 16.2 Å². The molecule has 4 aromatic rings. The largest absolute Gasteiger partial charge is 0.435 e. The number of para-hydroxylation sites is 1. The number of hydrogen-bond acceptors (Lipinski definition) is 5. The molecule has 0 spiro atoms. The Morgan fingerprint density at radius 1 is 1.00 bits per heavy atom. The molecule has 1 amide bonds. The van der Waals surface area contributed by atoms with Crippen LogP contribution in [0.4, 0.5) is 23.2 Å². The molecular weight excluding hydrogens is 550 g/mol. The number of aromatic nitrogens is 2. The predicted molar refractivity (Wildman–Crippen MR) is 135 cm³/mol. The van der Waals surface area contributed by atoms with E-state index in [0.29, 0.717) is 11.6 Å². The minimum absolute atomic E-state index is 0. The Morgan fingerprint density at radius 3 is 2.29 bits per heavy atom. The van der Waals surface area contributed by atoms with Crippen molar-refractivity contribution < 1.29 is 30.8 Å². The first-order valence-corrected chi connectivity index (χ1v) is 12.1. The summed E-state index contributed by atoms with van der Waals surface area (Å²) < 4.78 is 79.8. The van der Waals surface area contributed by atoms with Crippen molar-refractivity contribution in [2.24, 2.45) is 10.9 Å². The third kappa shape index (κ3) is 5.86. The van der Waals surface area contributed by atoms with E-state index < -0.39 is 39.3 Å². The molecule has 38 heavy (non-hydrogen) atoms. The van der Waals surface area contributed by atoms with Gasteiger partial charge in [0.2, 0.25) is 10.0 Å². The van der Waals surface area contributed by atoms with Crippen molar-refractivity contribution >= 4 is 34.0 Å². The van der Waals surface area contributed by atoms with Crippen LogP contribution in [0.15, 0.2) is 77.7 Å². The molecule has 0 aliphatic heterocycles. The first kappa shape index (κ1) is 28.8. The van der Waals surface area contributed by atoms with E-state index in [1.807, 2.05) is 0 Å². The number of alkyl halides is 3. The van der Waals surface area contributed by atoms with E-state index in [2.05, 4.69) is 10.4 Å². The molecule has 14 heteroatoms. The molecule has 0 saturated heterocycles. The number of amides is 1. The molecule has 0 bridgehead atoms. The number of rotatable bonds is 6. The Kier molecular flexibility index (Phi) is 8.27. The van der Waals surface area contributed by atoms with E-state index in [9.17, 15) is 30.8 Å². The molecule has 0 aliphatic carbocycles. The van der Waals surface area contributed by atoms with Crippen LogP contribution in [-0.4, -0.2) is 24.1 Å². The molecule has 4 rings (SSSR count). The summed E-state index contributed by atoms with van der Waals surface area (Å²) in [5, 5.41) is 11.0. The van der Waals surface area contributed by atoms with Crippen LogP contribution in [0.1, 0.15) is 21.7 Å². The molecule has 3 aromatic carbocycles. The van der Waals surface area contributed by atoms with Crippen molar-refractivity contribution in [2.45, 2.75) is 17.6 Å². The summed E-state index contributed by atoms with van der Waals surface area (Å²) in [5.41, 5.74) is 4.38. The number of primary sulfonamides is 1. The molecule has 0 atom stereocenters. The van der Waals surface area contributed by atoms with Gasteiger partial charge in [0.15, 0.2) is 5.69 Å². The standard InChI is InChI=1S/C24H19F4N5O3S.ClH/c25-17-11-14(16-6-2-4-8-21(16)37(30,35)36)9-10-18(17)31-23(34)20-12-22(24(26,27)28)32-33(20)19-7-3-1-5-15(19)13-29;/h1-12H,13,29H2,(H,31,34)(H2,30,35,36);1H. The number of benzene rings is 3. The van der Waals surface area contributed by atoms with E-state index in [0.717, 1.165) is 16.8 Å². The monoisotopic (exact) mass is 569 g/mol. The molecule has 0 aliphatic rings. The number of carbonyl (C=O) groups excluding carboxylic acids is 1. The van der Waals surface area contributed by atoms with Gasteiger partial charge in [-0.1, -0.05) is 42.5 Å². The minimum Gasteiger partial charge on any atom is -0.326 e. The van der Waals surface area contributed by atoms with Crippen LogP contribution in [-0.2, 0) is 22.7 Å². The lowest BCUT2D eigenvalue weighted by Crippen LogP contribution is -2.19. The van der Waals surface area contributed by atoms with E-state index in [-0.39, 0.29) is 46.3 Å². The van der Waals surface area contributed by atoms with Crippen LogP contribution in [0.25, 0.3) is 16.8 Å². The zero-order valence-corrected chi connectivity index (χ0v) is 20.9. The first-order chi connectivity index (χ1) is 17.4. The number of nitrogens with zero attached hydrogens (tertiary/aromatic N) is 2. The van der Waals surface area contributed by atoms with Crippen LogP contribution in [0.2, 0.25) is 0 Å². The van der Waals surface area contributed by atoms with Gasteiger partial charge >= 0.3 is 6.18 Å². The highest BCUT2D eigenvalue weighted by atomic mass is 35.5. The Hall–Kier alpha value is -3.78. The summed E-state index contributed by atoms with van der Waals surface area (Å²) in [6.45, 7) is -0.0332. The molecule has 5 N–H and O–H groups in total. The zero-order chi connectivity index (χ0) is 27.0. The lowest BCUT2D eigenvalue weighted by Gasteiger charge is -2.13. The Labute approximate surface area is 220 Å². The predicted octanol–water partition coefficient (Wildman–Crippen LogP) is 4.48. The highest BCUT2D eigenvalue weighted by Crippen LogP contribution is 2.32. The second kappa shape index (κ2) is 10.9. The lowest BCUT2D eigenvalue weighted by molar-refractivity contribution is -0.141. The highest BCUT2D eigenvalue weighted by Gasteiger charge is 2.36. The molecular formula is C24H20ClF4N5O3S. The smallest absolute Gasteiger partial charge is 0.326 e. The topological polar surface area (TPSA) is 133 Å². The quantitative estimate of drug-likeness (QED) is 0.295. The summed E-state index contributed by atoms with van der Waals surface area (Å²) in [6, 6.07) is 15.9. The summed E-state index contributed by atoms with van der Waals surface area (Å²) in [6.07, 6.45) is -4.85. The van der Waals surface area contributed by atoms with Gasteiger partial charge in [0, 0.05) is 18.2 Å².